The predicted octanol–water partition coefficient (Wildman–Crippen LogP) is 0.928. The van der Waals surface area contributed by atoms with Gasteiger partial charge in [-0.15, -0.1) is 0 Å². The molecule has 0 radical (unpaired) electrons. The second kappa shape index (κ2) is 17.0. The van der Waals surface area contributed by atoms with Crippen molar-refractivity contribution in [1.29, 1.82) is 0 Å². The molecule has 2 amide bonds. The Hall–Kier alpha value is -1.46. The van der Waals surface area contributed by atoms with Crippen molar-refractivity contribution in [3.63, 3.8) is 0 Å². The Morgan fingerprint density at radius 3 is 1.98 bits per heavy atom. The summed E-state index contributed by atoms with van der Waals surface area (Å²) >= 11 is 0. The highest BCUT2D eigenvalue weighted by Crippen LogP contribution is 2.34. The number of carbonyl (C=O) groups excluding carboxylic acids is 2. The van der Waals surface area contributed by atoms with E-state index in [-0.39, 0.29) is 24.5 Å². The minimum atomic E-state index is -1.45. The van der Waals surface area contributed by atoms with Crippen LogP contribution in [0.4, 0.5) is 0 Å². The molecule has 0 aliphatic carbocycles. The number of methoxy groups -OCH3 is 1. The highest BCUT2D eigenvalue weighted by Gasteiger charge is 2.48. The Morgan fingerprint density at radius 2 is 1.49 bits per heavy atom. The van der Waals surface area contributed by atoms with Gasteiger partial charge in [0.05, 0.1) is 48.8 Å². The lowest BCUT2D eigenvalue weighted by atomic mass is 9.80. The summed E-state index contributed by atoms with van der Waals surface area (Å²) in [6.45, 7) is 23.1. The molecule has 1 heterocycles. The second-order valence-electron chi connectivity index (χ2n) is 16.2. The molecule has 0 aromatic rings. The first-order valence-corrected chi connectivity index (χ1v) is 16.4. The zero-order valence-corrected chi connectivity index (χ0v) is 31.1. The molecule has 0 saturated carbocycles. The topological polar surface area (TPSA) is 203 Å². The van der Waals surface area contributed by atoms with Gasteiger partial charge in [-0.1, -0.05) is 13.8 Å². The standard InChI is InChI=1S/C33H66N4O10/c1-14-44-19-33(18-43-13,37-28(3,4)5)20-45-30(8,9)16-29(6,7)27(42)36-32(12,34)17-31(10,11)47-26-23(35-21(2)39)25(41)24(40)22(15-38)46-26/h22-26,37-38,40-41H,14-20,34H2,1-13H3,(H,35,39)(H,36,42). The Bertz CT molecular complexity index is 1000. The lowest BCUT2D eigenvalue weighted by Crippen LogP contribution is -2.66. The smallest absolute Gasteiger partial charge is 0.227 e. The number of nitrogens with one attached hydrogen (secondary N) is 3. The molecule has 7 unspecified atom stereocenters. The largest absolute Gasteiger partial charge is 0.394 e. The Morgan fingerprint density at radius 1 is 0.894 bits per heavy atom. The van der Waals surface area contributed by atoms with Crippen LogP contribution in [0.1, 0.15) is 95.9 Å². The van der Waals surface area contributed by atoms with Gasteiger partial charge in [0.25, 0.3) is 0 Å². The third-order valence-electron chi connectivity index (χ3n) is 7.74. The van der Waals surface area contributed by atoms with E-state index in [0.29, 0.717) is 26.2 Å². The molecule has 47 heavy (non-hydrogen) atoms. The summed E-state index contributed by atoms with van der Waals surface area (Å²) in [6.07, 6.45) is -4.77. The molecule has 14 nitrogen and oxygen atoms in total. The fraction of sp³-hybridized carbons (Fsp3) is 0.939. The lowest BCUT2D eigenvalue weighted by molar-refractivity contribution is -0.297. The summed E-state index contributed by atoms with van der Waals surface area (Å²) in [5.41, 5.74) is 1.85. The molecule has 8 N–H and O–H groups in total. The minimum Gasteiger partial charge on any atom is -0.394 e. The maximum Gasteiger partial charge on any atom is 0.227 e. The van der Waals surface area contributed by atoms with Crippen LogP contribution in [0, 0.1) is 5.41 Å². The summed E-state index contributed by atoms with van der Waals surface area (Å²) in [5.74, 6) is -0.753. The summed E-state index contributed by atoms with van der Waals surface area (Å²) in [4.78, 5) is 25.5. The van der Waals surface area contributed by atoms with Crippen molar-refractivity contribution in [3.05, 3.63) is 0 Å². The quantitative estimate of drug-likeness (QED) is 0.0954. The number of carbonyl (C=O) groups is 2. The summed E-state index contributed by atoms with van der Waals surface area (Å²) in [6, 6.07) is -1.11. The Kier molecular flexibility index (Phi) is 15.7. The van der Waals surface area contributed by atoms with Gasteiger partial charge in [-0.05, 0) is 68.7 Å². The number of aliphatic hydroxyl groups is 3. The van der Waals surface area contributed by atoms with Crippen LogP contribution in [-0.4, -0.2) is 126 Å². The lowest BCUT2D eigenvalue weighted by Gasteiger charge is -2.46. The number of hydrogen-bond donors (Lipinski definition) is 7. The monoisotopic (exact) mass is 678 g/mol. The van der Waals surface area contributed by atoms with Crippen molar-refractivity contribution < 1.29 is 48.6 Å². The fourth-order valence-corrected chi connectivity index (χ4v) is 6.42. The molecular weight excluding hydrogens is 612 g/mol. The fourth-order valence-electron chi connectivity index (χ4n) is 6.42. The number of amides is 2. The SMILES string of the molecule is CCOCC(COC)(COC(C)(C)CC(C)(C)C(=O)NC(C)(N)CC(C)(C)OC1OC(CO)C(O)C(O)C1NC(C)=O)NC(C)(C)C. The molecule has 1 fully saturated rings. The molecule has 7 atom stereocenters. The van der Waals surface area contributed by atoms with E-state index in [0.717, 1.165) is 0 Å². The first-order chi connectivity index (χ1) is 21.2. The highest BCUT2D eigenvalue weighted by atomic mass is 16.7. The van der Waals surface area contributed by atoms with E-state index in [1.54, 1.807) is 27.9 Å². The minimum absolute atomic E-state index is 0.103. The van der Waals surface area contributed by atoms with Crippen molar-refractivity contribution in [2.24, 2.45) is 11.1 Å². The number of ether oxygens (including phenoxy) is 5. The summed E-state index contributed by atoms with van der Waals surface area (Å²) < 4.78 is 29.8. The first kappa shape index (κ1) is 43.6. The number of nitrogens with two attached hydrogens (primary N) is 1. The molecule has 1 saturated heterocycles. The average Bonchev–Trinajstić information content (AvgIpc) is 2.88. The van der Waals surface area contributed by atoms with Crippen LogP contribution in [0.5, 0.6) is 0 Å². The van der Waals surface area contributed by atoms with Gasteiger partial charge >= 0.3 is 0 Å². The normalized spacial score (nSPS) is 25.5. The van der Waals surface area contributed by atoms with Gasteiger partial charge in [0.2, 0.25) is 11.8 Å². The third-order valence-corrected chi connectivity index (χ3v) is 7.74. The van der Waals surface area contributed by atoms with Gasteiger partial charge in [-0.3, -0.25) is 9.59 Å². The summed E-state index contributed by atoms with van der Waals surface area (Å²) in [7, 11) is 1.64. The second-order valence-corrected chi connectivity index (χ2v) is 16.2. The molecule has 14 heteroatoms. The van der Waals surface area contributed by atoms with E-state index in [4.69, 9.17) is 29.4 Å². The maximum atomic E-state index is 13.7. The van der Waals surface area contributed by atoms with Crippen LogP contribution >= 0.6 is 0 Å². The Labute approximate surface area is 282 Å². The van der Waals surface area contributed by atoms with Crippen molar-refractivity contribution in [2.75, 3.05) is 40.1 Å². The molecule has 1 aliphatic heterocycles. The van der Waals surface area contributed by atoms with E-state index >= 15 is 0 Å². The number of hydrogen-bond acceptors (Lipinski definition) is 12. The van der Waals surface area contributed by atoms with Crippen LogP contribution in [0.25, 0.3) is 0 Å². The molecule has 278 valence electrons. The number of aliphatic hydroxyl groups excluding tert-OH is 3. The van der Waals surface area contributed by atoms with E-state index in [2.05, 4.69) is 36.7 Å². The molecule has 0 aromatic heterocycles. The summed E-state index contributed by atoms with van der Waals surface area (Å²) in [5, 5.41) is 39.7. The zero-order valence-electron chi connectivity index (χ0n) is 31.1. The molecule has 0 aromatic carbocycles. The van der Waals surface area contributed by atoms with Crippen molar-refractivity contribution >= 4 is 11.8 Å². The first-order valence-electron chi connectivity index (χ1n) is 16.4. The van der Waals surface area contributed by atoms with Crippen molar-refractivity contribution in [1.82, 2.24) is 16.0 Å². The maximum absolute atomic E-state index is 13.7. The Balaban J connectivity index is 3.02. The van der Waals surface area contributed by atoms with Crippen LogP contribution in [0.15, 0.2) is 0 Å². The van der Waals surface area contributed by atoms with Crippen LogP contribution < -0.4 is 21.7 Å². The molecule has 0 bridgehead atoms. The van der Waals surface area contributed by atoms with Crippen LogP contribution in [0.3, 0.4) is 0 Å². The molecule has 0 spiro atoms. The predicted molar refractivity (Wildman–Crippen MR) is 178 cm³/mol. The van der Waals surface area contributed by atoms with Gasteiger partial charge in [0.15, 0.2) is 6.29 Å². The zero-order chi connectivity index (χ0) is 36.6. The van der Waals surface area contributed by atoms with E-state index in [1.807, 2.05) is 34.6 Å². The van der Waals surface area contributed by atoms with Crippen LogP contribution in [0.2, 0.25) is 0 Å². The van der Waals surface area contributed by atoms with Gasteiger partial charge in [0, 0.05) is 38.0 Å². The number of rotatable bonds is 19. The van der Waals surface area contributed by atoms with Crippen molar-refractivity contribution in [3.8, 4) is 0 Å². The van der Waals surface area contributed by atoms with E-state index in [1.165, 1.54) is 6.92 Å². The third kappa shape index (κ3) is 14.5. The molecule has 1 rings (SSSR count). The van der Waals surface area contributed by atoms with Gasteiger partial charge in [-0.25, -0.2) is 0 Å². The van der Waals surface area contributed by atoms with E-state index < -0.39 is 71.0 Å². The van der Waals surface area contributed by atoms with Gasteiger partial charge < -0.3 is 60.7 Å². The molecular formula is C33H66N4O10. The van der Waals surface area contributed by atoms with Gasteiger partial charge in [0.1, 0.15) is 24.4 Å². The van der Waals surface area contributed by atoms with Crippen LogP contribution in [-0.2, 0) is 33.3 Å². The van der Waals surface area contributed by atoms with Gasteiger partial charge in [-0.2, -0.15) is 0 Å². The average molecular weight is 679 g/mol. The van der Waals surface area contributed by atoms with E-state index in [9.17, 15) is 24.9 Å². The molecule has 1 aliphatic rings. The van der Waals surface area contributed by atoms with Crippen molar-refractivity contribution in [2.45, 2.75) is 155 Å². The highest BCUT2D eigenvalue weighted by molar-refractivity contribution is 5.82.